The summed E-state index contributed by atoms with van der Waals surface area (Å²) in [6, 6.07) is 0. The monoisotopic (exact) mass is 1050 g/mol. The minimum atomic E-state index is -4.77. The van der Waals surface area contributed by atoms with E-state index in [1.54, 1.807) is 0 Å². The van der Waals surface area contributed by atoms with Gasteiger partial charge in [0, 0.05) is 19.3 Å². The van der Waals surface area contributed by atoms with Crippen molar-refractivity contribution in [3.05, 3.63) is 122 Å². The van der Waals surface area contributed by atoms with Crippen molar-refractivity contribution in [2.24, 2.45) is 0 Å². The van der Waals surface area contributed by atoms with Crippen molar-refractivity contribution in [3.8, 4) is 0 Å². The number of hydrogen-bond acceptors (Lipinski definition) is 10. The zero-order valence-corrected chi connectivity index (χ0v) is 47.2. The molecule has 0 aromatic heterocycles. The number of phosphoric acid groups is 1. The molecule has 0 aliphatic rings. The highest BCUT2D eigenvalue weighted by Crippen LogP contribution is 2.43. The fraction of sp³-hybridized carbons (Fsp3) is 0.629. The minimum Gasteiger partial charge on any atom is -0.462 e. The van der Waals surface area contributed by atoms with Crippen LogP contribution < -0.4 is 0 Å². The highest BCUT2D eigenvalue weighted by Gasteiger charge is 2.28. The van der Waals surface area contributed by atoms with Crippen molar-refractivity contribution in [3.63, 3.8) is 0 Å². The lowest BCUT2D eigenvalue weighted by Gasteiger charge is -2.21. The Morgan fingerprint density at radius 2 is 0.662 bits per heavy atom. The lowest BCUT2D eigenvalue weighted by molar-refractivity contribution is -0.161. The molecule has 0 aliphatic carbocycles. The number of aliphatic hydroxyl groups excluding tert-OH is 1. The first-order chi connectivity index (χ1) is 36.2. The Morgan fingerprint density at radius 3 is 1.04 bits per heavy atom. The van der Waals surface area contributed by atoms with Crippen molar-refractivity contribution >= 4 is 25.7 Å². The molecule has 74 heavy (non-hydrogen) atoms. The molecule has 0 bridgehead atoms. The average Bonchev–Trinajstić information content (AvgIpc) is 3.39. The summed E-state index contributed by atoms with van der Waals surface area (Å²) in [6.07, 6.45) is 67.3. The Bertz CT molecular complexity index is 1700. The Morgan fingerprint density at radius 1 is 0.378 bits per heavy atom. The van der Waals surface area contributed by atoms with Gasteiger partial charge in [-0.05, 0) is 122 Å². The fourth-order valence-electron chi connectivity index (χ4n) is 7.14. The number of rotatable bonds is 51. The van der Waals surface area contributed by atoms with Crippen LogP contribution in [0.5, 0.6) is 0 Å². The van der Waals surface area contributed by atoms with E-state index < -0.39 is 57.8 Å². The van der Waals surface area contributed by atoms with E-state index in [-0.39, 0.29) is 25.9 Å². The van der Waals surface area contributed by atoms with Crippen molar-refractivity contribution < 1.29 is 52.2 Å². The molecule has 3 atom stereocenters. The molecule has 0 radical (unpaired) electrons. The van der Waals surface area contributed by atoms with Crippen LogP contribution in [0.25, 0.3) is 0 Å². The van der Waals surface area contributed by atoms with Gasteiger partial charge in [0.15, 0.2) is 6.10 Å². The Labute approximate surface area is 449 Å². The molecule has 0 fully saturated rings. The lowest BCUT2D eigenvalue weighted by Crippen LogP contribution is -2.30. The van der Waals surface area contributed by atoms with E-state index >= 15 is 0 Å². The third-order valence-electron chi connectivity index (χ3n) is 11.4. The summed E-state index contributed by atoms with van der Waals surface area (Å²) in [5.41, 5.74) is 0. The van der Waals surface area contributed by atoms with Gasteiger partial charge in [0.25, 0.3) is 0 Å². The second-order valence-corrected chi connectivity index (χ2v) is 19.8. The van der Waals surface area contributed by atoms with Gasteiger partial charge in [-0.3, -0.25) is 23.4 Å². The predicted molar refractivity (Wildman–Crippen MR) is 306 cm³/mol. The number of allylic oxidation sites excluding steroid dienone is 20. The van der Waals surface area contributed by atoms with Gasteiger partial charge in [0.2, 0.25) is 0 Å². The zero-order chi connectivity index (χ0) is 54.1. The molecule has 0 heterocycles. The van der Waals surface area contributed by atoms with E-state index in [1.807, 2.05) is 0 Å². The number of ether oxygens (including phenoxy) is 3. The number of aliphatic hydroxyl groups is 1. The lowest BCUT2D eigenvalue weighted by atomic mass is 10.1. The highest BCUT2D eigenvalue weighted by molar-refractivity contribution is 7.47. The fourth-order valence-corrected chi connectivity index (χ4v) is 7.92. The maximum Gasteiger partial charge on any atom is 0.472 e. The summed E-state index contributed by atoms with van der Waals surface area (Å²) in [4.78, 5) is 48.5. The molecular formula is C62H101O11P. The predicted octanol–water partition coefficient (Wildman–Crippen LogP) is 16.8. The molecule has 420 valence electrons. The quantitative estimate of drug-likeness (QED) is 0.0197. The van der Waals surface area contributed by atoms with Crippen molar-refractivity contribution in [1.29, 1.82) is 0 Å². The van der Waals surface area contributed by atoms with E-state index in [1.165, 1.54) is 12.8 Å². The van der Waals surface area contributed by atoms with Crippen molar-refractivity contribution in [1.82, 2.24) is 0 Å². The van der Waals surface area contributed by atoms with Gasteiger partial charge >= 0.3 is 25.7 Å². The summed E-state index contributed by atoms with van der Waals surface area (Å²) >= 11 is 0. The van der Waals surface area contributed by atoms with Crippen LogP contribution in [-0.2, 0) is 42.2 Å². The second kappa shape index (κ2) is 55.1. The molecule has 12 heteroatoms. The highest BCUT2D eigenvalue weighted by atomic mass is 31.2. The Balaban J connectivity index is 4.82. The summed E-state index contributed by atoms with van der Waals surface area (Å²) in [5.74, 6) is -1.56. The Kier molecular flexibility index (Phi) is 52.1. The van der Waals surface area contributed by atoms with Crippen LogP contribution in [0.15, 0.2) is 122 Å². The van der Waals surface area contributed by atoms with Crippen LogP contribution in [0.2, 0.25) is 0 Å². The maximum atomic E-state index is 12.9. The van der Waals surface area contributed by atoms with Gasteiger partial charge in [0.05, 0.1) is 19.8 Å². The van der Waals surface area contributed by atoms with E-state index in [0.29, 0.717) is 19.3 Å². The first kappa shape index (κ1) is 69.9. The first-order valence-corrected chi connectivity index (χ1v) is 29.9. The zero-order valence-electron chi connectivity index (χ0n) is 46.3. The van der Waals surface area contributed by atoms with Gasteiger partial charge < -0.3 is 24.2 Å². The van der Waals surface area contributed by atoms with Gasteiger partial charge in [-0.1, -0.05) is 194 Å². The summed E-state index contributed by atoms with van der Waals surface area (Å²) < 4.78 is 39.4. The maximum absolute atomic E-state index is 12.9. The largest absolute Gasteiger partial charge is 0.472 e. The van der Waals surface area contributed by atoms with Gasteiger partial charge in [-0.25, -0.2) is 4.57 Å². The van der Waals surface area contributed by atoms with Gasteiger partial charge in [0.1, 0.15) is 12.7 Å². The molecule has 0 aromatic rings. The average molecular weight is 1050 g/mol. The third kappa shape index (κ3) is 52.7. The number of unbranched alkanes of at least 4 members (excludes halogenated alkanes) is 14. The van der Waals surface area contributed by atoms with E-state index in [0.717, 1.165) is 141 Å². The SMILES string of the molecule is CC/C=C\C/C=C\C/C=C\C/C=C\CCCCC(=O)OC(COC(=O)CCCCCCCCC/C=C\C/C=C\C/C=C\CC)COP(=O)(O)OCC(CO)OC(=O)CCCCCCC/C=C\C/C=C\C/C=C\CC. The molecule has 0 saturated heterocycles. The molecule has 0 saturated carbocycles. The number of phosphoric ester groups is 1. The Hall–Kier alpha value is -4.12. The standard InChI is InChI=1S/C62H101O11P/c1-4-7-10-13-16-19-22-25-28-29-32-33-36-39-42-45-48-51-60(64)69-55-59(73-62(66)53-50-47-44-41-38-35-31-27-24-21-18-15-12-9-6-3)57-71-74(67,68)70-56-58(54-63)72-61(65)52-49-46-43-40-37-34-30-26-23-20-17-14-11-8-5-2/h7-12,16-21,25-28,30-31,38,41,58-59,63H,4-6,13-15,22-24,29,32-37,39-40,42-57H2,1-3H3,(H,67,68)/b10-7-,11-8-,12-9-,19-16-,20-17-,21-18-,28-25-,30-26-,31-27-,41-38-. The van der Waals surface area contributed by atoms with Crippen molar-refractivity contribution in [2.75, 3.05) is 26.4 Å². The van der Waals surface area contributed by atoms with E-state index in [9.17, 15) is 28.9 Å². The number of carbonyl (C=O) groups excluding carboxylic acids is 3. The minimum absolute atomic E-state index is 0.105. The van der Waals surface area contributed by atoms with Crippen LogP contribution in [0.3, 0.4) is 0 Å². The third-order valence-corrected chi connectivity index (χ3v) is 12.3. The van der Waals surface area contributed by atoms with Gasteiger partial charge in [-0.2, -0.15) is 0 Å². The molecule has 2 N–H and O–H groups in total. The van der Waals surface area contributed by atoms with Crippen LogP contribution in [0, 0.1) is 0 Å². The summed E-state index contributed by atoms with van der Waals surface area (Å²) in [6.45, 7) is 4.21. The smallest absolute Gasteiger partial charge is 0.462 e. The van der Waals surface area contributed by atoms with Crippen LogP contribution in [0.1, 0.15) is 213 Å². The molecule has 11 nitrogen and oxygen atoms in total. The van der Waals surface area contributed by atoms with E-state index in [2.05, 4.69) is 142 Å². The molecule has 0 aromatic carbocycles. The normalized spacial score (nSPS) is 14.3. The number of esters is 3. The molecule has 0 spiro atoms. The topological polar surface area (TPSA) is 155 Å². The molecule has 3 unspecified atom stereocenters. The number of carbonyl (C=O) groups is 3. The number of hydrogen-bond donors (Lipinski definition) is 2. The van der Waals surface area contributed by atoms with Crippen LogP contribution in [-0.4, -0.2) is 66.5 Å². The van der Waals surface area contributed by atoms with E-state index in [4.69, 9.17) is 23.3 Å². The van der Waals surface area contributed by atoms with Crippen molar-refractivity contribution in [2.45, 2.75) is 226 Å². The van der Waals surface area contributed by atoms with Crippen LogP contribution in [0.4, 0.5) is 0 Å². The van der Waals surface area contributed by atoms with Crippen LogP contribution >= 0.6 is 7.82 Å². The summed E-state index contributed by atoms with van der Waals surface area (Å²) in [7, 11) is -4.77. The molecule has 0 aliphatic heterocycles. The molecule has 0 amide bonds. The van der Waals surface area contributed by atoms with Gasteiger partial charge in [-0.15, -0.1) is 0 Å². The summed E-state index contributed by atoms with van der Waals surface area (Å²) in [5, 5.41) is 9.81. The second-order valence-electron chi connectivity index (χ2n) is 18.3. The molecular weight excluding hydrogens is 952 g/mol. The molecule has 0 rings (SSSR count). The first-order valence-electron chi connectivity index (χ1n) is 28.4.